The highest BCUT2D eigenvalue weighted by atomic mass is 35.5. The van der Waals surface area contributed by atoms with Crippen LogP contribution in [0.1, 0.15) is 21.5 Å². The molecule has 3 aromatic carbocycles. The van der Waals surface area contributed by atoms with Gasteiger partial charge in [0.15, 0.2) is 0 Å². The molecule has 1 N–H and O–H groups in total. The molecule has 8 heteroatoms. The monoisotopic (exact) mass is 476 g/mol. The number of anilines is 2. The van der Waals surface area contributed by atoms with E-state index in [4.69, 9.17) is 21.1 Å². The lowest BCUT2D eigenvalue weighted by molar-refractivity contribution is -0.120. The molecule has 7 nitrogen and oxygen atoms in total. The van der Waals surface area contributed by atoms with E-state index in [2.05, 4.69) is 5.32 Å². The van der Waals surface area contributed by atoms with Gasteiger partial charge in [-0.2, -0.15) is 0 Å². The second kappa shape index (κ2) is 9.41. The fraction of sp³-hybridized carbons (Fsp3) is 0.115. The van der Waals surface area contributed by atoms with Gasteiger partial charge in [-0.1, -0.05) is 29.8 Å². The van der Waals surface area contributed by atoms with Gasteiger partial charge in [-0.25, -0.2) is 9.69 Å². The van der Waals surface area contributed by atoms with Crippen molar-refractivity contribution in [1.29, 1.82) is 0 Å². The Morgan fingerprint density at radius 3 is 2.29 bits per heavy atom. The molecule has 1 heterocycles. The van der Waals surface area contributed by atoms with Crippen molar-refractivity contribution in [3.05, 3.63) is 94.1 Å². The van der Waals surface area contributed by atoms with Crippen LogP contribution in [0.4, 0.5) is 11.4 Å². The minimum Gasteiger partial charge on any atom is -0.495 e. The zero-order chi connectivity index (χ0) is 24.4. The van der Waals surface area contributed by atoms with Gasteiger partial charge in [-0.15, -0.1) is 0 Å². The summed E-state index contributed by atoms with van der Waals surface area (Å²) in [5, 5.41) is 2.64. The molecule has 1 aliphatic heterocycles. The predicted molar refractivity (Wildman–Crippen MR) is 129 cm³/mol. The molecule has 0 aliphatic carbocycles. The van der Waals surface area contributed by atoms with Crippen LogP contribution in [0.3, 0.4) is 0 Å². The van der Waals surface area contributed by atoms with Gasteiger partial charge in [-0.3, -0.25) is 9.59 Å². The van der Waals surface area contributed by atoms with Crippen molar-refractivity contribution in [2.75, 3.05) is 17.3 Å². The van der Waals surface area contributed by atoms with E-state index in [1.54, 1.807) is 60.7 Å². The number of para-hydroxylation sites is 2. The number of methoxy groups -OCH3 is 1. The Morgan fingerprint density at radius 1 is 0.912 bits per heavy atom. The lowest BCUT2D eigenvalue weighted by Crippen LogP contribution is -2.32. The summed E-state index contributed by atoms with van der Waals surface area (Å²) in [6.45, 7) is 3.92. The number of halogens is 1. The highest BCUT2D eigenvalue weighted by molar-refractivity contribution is 6.53. The van der Waals surface area contributed by atoms with Crippen LogP contribution < -0.4 is 19.7 Å². The molecule has 0 atom stereocenters. The van der Waals surface area contributed by atoms with E-state index in [-0.39, 0.29) is 10.7 Å². The number of aryl methyl sites for hydroxylation is 2. The zero-order valence-corrected chi connectivity index (χ0v) is 19.5. The Morgan fingerprint density at radius 2 is 1.62 bits per heavy atom. The number of hydrogen-bond acceptors (Lipinski definition) is 6. The van der Waals surface area contributed by atoms with Crippen LogP contribution in [0.2, 0.25) is 0 Å². The van der Waals surface area contributed by atoms with E-state index in [0.717, 1.165) is 16.0 Å². The maximum absolute atomic E-state index is 13.0. The summed E-state index contributed by atoms with van der Waals surface area (Å²) >= 11 is 6.20. The lowest BCUT2D eigenvalue weighted by atomic mass is 10.1. The SMILES string of the molecule is COc1ccccc1N1C(=O)C(Cl)=C(Nc2ccc(C(=O)Oc3ccc(C)c(C)c3)cc2)C1=O. The number of imide groups is 1. The van der Waals surface area contributed by atoms with Crippen molar-refractivity contribution in [3.63, 3.8) is 0 Å². The average Bonchev–Trinajstić information content (AvgIpc) is 3.04. The van der Waals surface area contributed by atoms with Gasteiger partial charge in [-0.05, 0) is 73.5 Å². The quantitative estimate of drug-likeness (QED) is 0.307. The number of carbonyl (C=O) groups is 3. The van der Waals surface area contributed by atoms with Crippen molar-refractivity contribution < 1.29 is 23.9 Å². The van der Waals surface area contributed by atoms with Crippen LogP contribution in [0.15, 0.2) is 77.5 Å². The molecule has 0 bridgehead atoms. The third-order valence-electron chi connectivity index (χ3n) is 5.43. The first-order valence-electron chi connectivity index (χ1n) is 10.4. The number of benzene rings is 3. The van der Waals surface area contributed by atoms with Crippen LogP contribution in [-0.2, 0) is 9.59 Å². The molecule has 1 aliphatic rings. The molecule has 0 spiro atoms. The molecule has 2 amide bonds. The summed E-state index contributed by atoms with van der Waals surface area (Å²) in [5.74, 6) is -0.966. The third kappa shape index (κ3) is 4.38. The first-order valence-corrected chi connectivity index (χ1v) is 10.8. The van der Waals surface area contributed by atoms with Gasteiger partial charge in [0.25, 0.3) is 11.8 Å². The number of nitrogens with zero attached hydrogens (tertiary/aromatic N) is 1. The van der Waals surface area contributed by atoms with Crippen LogP contribution >= 0.6 is 11.6 Å². The number of amides is 2. The molecule has 3 aromatic rings. The van der Waals surface area contributed by atoms with Crippen molar-refractivity contribution >= 4 is 40.8 Å². The van der Waals surface area contributed by atoms with Crippen molar-refractivity contribution in [2.24, 2.45) is 0 Å². The molecule has 172 valence electrons. The molecule has 4 rings (SSSR count). The van der Waals surface area contributed by atoms with Crippen LogP contribution in [0.5, 0.6) is 11.5 Å². The molecule has 34 heavy (non-hydrogen) atoms. The van der Waals surface area contributed by atoms with E-state index < -0.39 is 17.8 Å². The third-order valence-corrected chi connectivity index (χ3v) is 5.78. The van der Waals surface area contributed by atoms with Crippen LogP contribution in [-0.4, -0.2) is 24.9 Å². The number of ether oxygens (including phenoxy) is 2. The largest absolute Gasteiger partial charge is 0.495 e. The number of rotatable bonds is 6. The fourth-order valence-electron chi connectivity index (χ4n) is 3.42. The Labute approximate surface area is 201 Å². The second-order valence-electron chi connectivity index (χ2n) is 7.64. The molecule has 0 saturated heterocycles. The van der Waals surface area contributed by atoms with Crippen molar-refractivity contribution in [3.8, 4) is 11.5 Å². The number of nitrogens with one attached hydrogen (secondary N) is 1. The van der Waals surface area contributed by atoms with Crippen LogP contribution in [0.25, 0.3) is 0 Å². The predicted octanol–water partition coefficient (Wildman–Crippen LogP) is 4.97. The van der Waals surface area contributed by atoms with Crippen LogP contribution in [0, 0.1) is 13.8 Å². The van der Waals surface area contributed by atoms with E-state index in [1.807, 2.05) is 19.9 Å². The maximum atomic E-state index is 13.0. The zero-order valence-electron chi connectivity index (χ0n) is 18.7. The fourth-order valence-corrected chi connectivity index (χ4v) is 3.63. The van der Waals surface area contributed by atoms with Gasteiger partial charge in [0, 0.05) is 5.69 Å². The summed E-state index contributed by atoms with van der Waals surface area (Å²) in [6.07, 6.45) is 0. The lowest BCUT2D eigenvalue weighted by Gasteiger charge is -2.17. The first kappa shape index (κ1) is 23.1. The Balaban J connectivity index is 1.49. The van der Waals surface area contributed by atoms with Gasteiger partial charge < -0.3 is 14.8 Å². The summed E-state index contributed by atoms with van der Waals surface area (Å²) in [5.41, 5.74) is 3.15. The van der Waals surface area contributed by atoms with E-state index in [9.17, 15) is 14.4 Å². The highest BCUT2D eigenvalue weighted by Crippen LogP contribution is 2.35. The van der Waals surface area contributed by atoms with Crippen molar-refractivity contribution in [2.45, 2.75) is 13.8 Å². The molecule has 0 fully saturated rings. The van der Waals surface area contributed by atoms with E-state index >= 15 is 0 Å². The summed E-state index contributed by atoms with van der Waals surface area (Å²) in [6, 6.07) is 18.4. The van der Waals surface area contributed by atoms with Crippen molar-refractivity contribution in [1.82, 2.24) is 0 Å². The first-order chi connectivity index (χ1) is 16.3. The normalized spacial score (nSPS) is 13.4. The van der Waals surface area contributed by atoms with Gasteiger partial charge in [0.1, 0.15) is 22.2 Å². The Bertz CT molecular complexity index is 1330. The second-order valence-corrected chi connectivity index (χ2v) is 8.02. The molecule has 0 unspecified atom stereocenters. The minimum atomic E-state index is -0.660. The molecular formula is C26H21ClN2O5. The maximum Gasteiger partial charge on any atom is 0.343 e. The number of carbonyl (C=O) groups excluding carboxylic acids is 3. The average molecular weight is 477 g/mol. The van der Waals surface area contributed by atoms with E-state index in [1.165, 1.54) is 7.11 Å². The Kier molecular flexibility index (Phi) is 6.38. The van der Waals surface area contributed by atoms with Gasteiger partial charge >= 0.3 is 5.97 Å². The number of hydrogen-bond donors (Lipinski definition) is 1. The topological polar surface area (TPSA) is 84.9 Å². The Hall–Kier alpha value is -4.10. The molecule has 0 saturated carbocycles. The molecule has 0 radical (unpaired) electrons. The smallest absolute Gasteiger partial charge is 0.343 e. The van der Waals surface area contributed by atoms with E-state index in [0.29, 0.717) is 28.4 Å². The highest BCUT2D eigenvalue weighted by Gasteiger charge is 2.40. The summed E-state index contributed by atoms with van der Waals surface area (Å²) < 4.78 is 10.7. The molecular weight excluding hydrogens is 456 g/mol. The number of esters is 1. The van der Waals surface area contributed by atoms with Gasteiger partial charge in [0.05, 0.1) is 18.4 Å². The summed E-state index contributed by atoms with van der Waals surface area (Å²) in [7, 11) is 1.45. The standard InChI is InChI=1S/C26H21ClN2O5/c1-15-8-13-19(14-16(15)2)34-26(32)17-9-11-18(12-10-17)28-23-22(27)24(30)29(25(23)31)20-6-4-5-7-21(20)33-3/h4-14,28H,1-3H3. The van der Waals surface area contributed by atoms with Gasteiger partial charge in [0.2, 0.25) is 0 Å². The summed E-state index contributed by atoms with van der Waals surface area (Å²) in [4.78, 5) is 39.1. The molecule has 0 aromatic heterocycles. The minimum absolute atomic E-state index is 0.0666.